The monoisotopic (exact) mass is 374 g/mol. The molecule has 0 aliphatic rings. The molecule has 0 aromatic heterocycles. The fourth-order valence-corrected chi connectivity index (χ4v) is 0.491. The van der Waals surface area contributed by atoms with Gasteiger partial charge in [-0.2, -0.15) is 0 Å². The molecule has 8 heavy (non-hydrogen) atoms. The van der Waals surface area contributed by atoms with Crippen LogP contribution in [0.3, 0.4) is 0 Å². The Morgan fingerprint density at radius 1 is 1.12 bits per heavy atom. The van der Waals surface area contributed by atoms with Gasteiger partial charge in [-0.25, -0.2) is 0 Å². The minimum Gasteiger partial charge on any atom is -0.114 e. The second kappa shape index (κ2) is 15.9. The number of halogens is 4. The molecule has 0 rings (SSSR count). The zero-order chi connectivity index (χ0) is 6.57. The molecule has 0 radical (unpaired) electrons. The summed E-state index contributed by atoms with van der Waals surface area (Å²) in [7, 11) is 0. The molecule has 0 aliphatic carbocycles. The maximum Gasteiger partial charge on any atom is 0.0582 e. The van der Waals surface area contributed by atoms with Crippen LogP contribution in [0.15, 0.2) is 12.1 Å². The molecule has 0 bridgehead atoms. The standard InChI is InChI=1S/C4H6Br2.2BrH/c5-3-1-2-4-6;;/h1-2H,3-4H2;2*1H/i1D,2D;;. The van der Waals surface area contributed by atoms with Gasteiger partial charge in [-0.3, -0.25) is 0 Å². The van der Waals surface area contributed by atoms with Gasteiger partial charge in [0, 0.05) is 10.7 Å². The van der Waals surface area contributed by atoms with E-state index >= 15 is 0 Å². The summed E-state index contributed by atoms with van der Waals surface area (Å²) in [6, 6.07) is 0.670. The lowest BCUT2D eigenvalue weighted by molar-refractivity contribution is 1.71. The van der Waals surface area contributed by atoms with E-state index in [1.807, 2.05) is 0 Å². The van der Waals surface area contributed by atoms with Crippen molar-refractivity contribution in [2.24, 2.45) is 0 Å². The van der Waals surface area contributed by atoms with Crippen LogP contribution in [0.2, 0.25) is 0 Å². The van der Waals surface area contributed by atoms with E-state index in [1.165, 1.54) is 0 Å². The molecular weight excluding hydrogens is 368 g/mol. The normalized spacial score (nSPS) is 13.8. The summed E-state index contributed by atoms with van der Waals surface area (Å²) in [5.74, 6) is 0. The van der Waals surface area contributed by atoms with E-state index in [-0.39, 0.29) is 34.0 Å². The summed E-state index contributed by atoms with van der Waals surface area (Å²) in [5.41, 5.74) is 0. The molecule has 4 heteroatoms. The van der Waals surface area contributed by atoms with E-state index in [9.17, 15) is 0 Å². The minimum atomic E-state index is 0. The van der Waals surface area contributed by atoms with Crippen LogP contribution in [0.5, 0.6) is 0 Å². The second-order valence-corrected chi connectivity index (χ2v) is 1.74. The first-order valence-corrected chi connectivity index (χ1v) is 3.73. The molecule has 0 unspecified atom stereocenters. The molecule has 0 saturated heterocycles. The van der Waals surface area contributed by atoms with Crippen molar-refractivity contribution in [1.82, 2.24) is 0 Å². The van der Waals surface area contributed by atoms with E-state index in [2.05, 4.69) is 31.9 Å². The molecule has 0 aromatic carbocycles. The van der Waals surface area contributed by atoms with Crippen LogP contribution in [0.1, 0.15) is 2.74 Å². The Morgan fingerprint density at radius 3 is 1.50 bits per heavy atom. The predicted octanol–water partition coefficient (Wildman–Crippen LogP) is 3.49. The smallest absolute Gasteiger partial charge is 0.0582 e. The van der Waals surface area contributed by atoms with Crippen molar-refractivity contribution in [1.29, 1.82) is 0 Å². The molecule has 52 valence electrons. The predicted molar refractivity (Wildman–Crippen MR) is 57.4 cm³/mol. The van der Waals surface area contributed by atoms with Gasteiger partial charge in [0.05, 0.1) is 2.74 Å². The van der Waals surface area contributed by atoms with Crippen molar-refractivity contribution < 1.29 is 2.74 Å². The van der Waals surface area contributed by atoms with Crippen molar-refractivity contribution in [2.75, 3.05) is 10.7 Å². The Morgan fingerprint density at radius 2 is 1.38 bits per heavy atom. The van der Waals surface area contributed by atoms with Gasteiger partial charge >= 0.3 is 0 Å². The first-order valence-electron chi connectivity index (χ1n) is 2.49. The minimum absolute atomic E-state index is 0. The van der Waals surface area contributed by atoms with Crippen molar-refractivity contribution in [3.05, 3.63) is 12.1 Å². The highest BCUT2D eigenvalue weighted by Gasteiger charge is 1.62. The molecule has 0 N–H and O–H groups in total. The zero-order valence-electron chi connectivity index (χ0n) is 5.99. The van der Waals surface area contributed by atoms with Gasteiger partial charge in [0.1, 0.15) is 0 Å². The quantitative estimate of drug-likeness (QED) is 0.510. The van der Waals surface area contributed by atoms with Crippen LogP contribution in [-0.2, 0) is 0 Å². The summed E-state index contributed by atoms with van der Waals surface area (Å²) in [6.45, 7) is 0. The van der Waals surface area contributed by atoms with Crippen LogP contribution < -0.4 is 0 Å². The third kappa shape index (κ3) is 15.6. The average molecular weight is 378 g/mol. The summed E-state index contributed by atoms with van der Waals surface area (Å²) >= 11 is 6.14. The van der Waals surface area contributed by atoms with Gasteiger partial charge in [0.25, 0.3) is 0 Å². The molecule has 0 amide bonds. The zero-order valence-corrected chi connectivity index (χ0v) is 10.6. The summed E-state index contributed by atoms with van der Waals surface area (Å²) in [6.07, 6.45) is 0. The van der Waals surface area contributed by atoms with E-state index in [1.54, 1.807) is 0 Å². The first-order chi connectivity index (χ1) is 3.72. The van der Waals surface area contributed by atoms with Crippen molar-refractivity contribution in [2.45, 2.75) is 0 Å². The van der Waals surface area contributed by atoms with Gasteiger partial charge in [-0.15, -0.1) is 34.0 Å². The van der Waals surface area contributed by atoms with Crippen LogP contribution >= 0.6 is 65.8 Å². The van der Waals surface area contributed by atoms with Gasteiger partial charge in [-0.05, 0) is 0 Å². The molecule has 0 spiro atoms. The third-order valence-electron chi connectivity index (χ3n) is 0.259. The van der Waals surface area contributed by atoms with Crippen molar-refractivity contribution in [3.63, 3.8) is 0 Å². The van der Waals surface area contributed by atoms with E-state index in [0.29, 0.717) is 22.8 Å². The van der Waals surface area contributed by atoms with Gasteiger partial charge < -0.3 is 0 Å². The molecular formula is C4H8Br4. The average Bonchev–Trinajstić information content (AvgIpc) is 1.84. The fourth-order valence-electron chi connectivity index (χ4n) is 0.0945. The second-order valence-electron chi connectivity index (χ2n) is 0.621. The van der Waals surface area contributed by atoms with Crippen molar-refractivity contribution >= 4 is 65.8 Å². The topological polar surface area (TPSA) is 0 Å². The maximum absolute atomic E-state index is 7.04. The number of hydrogen-bond donors (Lipinski definition) is 0. The van der Waals surface area contributed by atoms with Crippen LogP contribution in [-0.4, -0.2) is 10.7 Å². The van der Waals surface area contributed by atoms with E-state index in [4.69, 9.17) is 2.74 Å². The Balaban J connectivity index is -0.000000245. The lowest BCUT2D eigenvalue weighted by Gasteiger charge is -1.70. The number of allylic oxidation sites excluding steroid dienone is 2. The van der Waals surface area contributed by atoms with Crippen LogP contribution in [0.25, 0.3) is 0 Å². The summed E-state index contributed by atoms with van der Waals surface area (Å²) in [4.78, 5) is 0. The molecule has 0 heterocycles. The summed E-state index contributed by atoms with van der Waals surface area (Å²) < 4.78 is 14.1. The molecule has 0 fully saturated rings. The number of rotatable bonds is 2. The Labute approximate surface area is 90.7 Å². The first kappa shape index (κ1) is 9.66. The van der Waals surface area contributed by atoms with Gasteiger partial charge in [0.2, 0.25) is 0 Å². The lowest BCUT2D eigenvalue weighted by Crippen LogP contribution is -1.58. The molecule has 0 atom stereocenters. The van der Waals surface area contributed by atoms with Gasteiger partial charge in [-0.1, -0.05) is 44.0 Å². The molecule has 0 nitrogen and oxygen atoms in total. The highest BCUT2D eigenvalue weighted by Crippen LogP contribution is 1.84. The largest absolute Gasteiger partial charge is 0.114 e. The van der Waals surface area contributed by atoms with Crippen LogP contribution in [0, 0.1) is 0 Å². The lowest BCUT2D eigenvalue weighted by atomic mass is 10.6. The van der Waals surface area contributed by atoms with Crippen LogP contribution in [0.4, 0.5) is 0 Å². The molecule has 0 saturated carbocycles. The summed E-state index contributed by atoms with van der Waals surface area (Å²) in [5, 5.41) is 0.939. The van der Waals surface area contributed by atoms with E-state index < -0.39 is 0 Å². The van der Waals surface area contributed by atoms with Crippen molar-refractivity contribution in [3.8, 4) is 0 Å². The number of hydrogen-bond acceptors (Lipinski definition) is 0. The Bertz CT molecular complexity index is 91.4. The number of alkyl halides is 2. The molecule has 0 aliphatic heterocycles. The molecule has 0 aromatic rings. The maximum atomic E-state index is 7.04. The van der Waals surface area contributed by atoms with Gasteiger partial charge in [0.15, 0.2) is 0 Å². The Kier molecular flexibility index (Phi) is 19.2. The fraction of sp³-hybridized carbons (Fsp3) is 0.500. The SMILES string of the molecule is Br.Br.[2H]C(CBr)=C([2H])CBr. The highest BCUT2D eigenvalue weighted by atomic mass is 79.9. The highest BCUT2D eigenvalue weighted by molar-refractivity contribution is 9.09. The van der Waals surface area contributed by atoms with E-state index in [0.717, 1.165) is 0 Å². The third-order valence-corrected chi connectivity index (χ3v) is 0.819. The Hall–Kier alpha value is 1.66.